The quantitative estimate of drug-likeness (QED) is 0.379. The fourth-order valence-corrected chi connectivity index (χ4v) is 3.86. The van der Waals surface area contributed by atoms with Gasteiger partial charge in [-0.3, -0.25) is 0 Å². The van der Waals surface area contributed by atoms with Gasteiger partial charge in [-0.25, -0.2) is 31.1 Å². The first kappa shape index (κ1) is 20.8. The Kier molecular flexibility index (Phi) is 5.38. The van der Waals surface area contributed by atoms with Crippen molar-refractivity contribution in [2.75, 3.05) is 7.11 Å². The molecule has 0 saturated carbocycles. The van der Waals surface area contributed by atoms with Gasteiger partial charge < -0.3 is 4.74 Å². The molecule has 0 aliphatic carbocycles. The summed E-state index contributed by atoms with van der Waals surface area (Å²) in [6.45, 7) is 1.62. The van der Waals surface area contributed by atoms with Crippen molar-refractivity contribution in [2.45, 2.75) is 11.8 Å². The number of methoxy groups -OCH3 is 1. The maximum atomic E-state index is 14.8. The fraction of sp³-hybridized carbons (Fsp3) is 0.100. The van der Waals surface area contributed by atoms with Gasteiger partial charge in [0, 0.05) is 16.7 Å². The normalized spacial score (nSPS) is 11.6. The summed E-state index contributed by atoms with van der Waals surface area (Å²) >= 11 is 0. The zero-order valence-corrected chi connectivity index (χ0v) is 16.1. The zero-order valence-electron chi connectivity index (χ0n) is 15.3. The van der Waals surface area contributed by atoms with E-state index in [1.807, 2.05) is 0 Å². The van der Waals surface area contributed by atoms with E-state index in [0.29, 0.717) is 11.3 Å². The first-order chi connectivity index (χ1) is 13.6. The van der Waals surface area contributed by atoms with Crippen molar-refractivity contribution >= 4 is 10.0 Å². The molecule has 3 aromatic carbocycles. The Morgan fingerprint density at radius 2 is 1.45 bits per heavy atom. The predicted octanol–water partition coefficient (Wildman–Crippen LogP) is 4.54. The summed E-state index contributed by atoms with van der Waals surface area (Å²) in [7, 11) is -2.97. The van der Waals surface area contributed by atoms with Crippen molar-refractivity contribution in [1.82, 2.24) is 0 Å². The molecule has 0 aliphatic rings. The van der Waals surface area contributed by atoms with Gasteiger partial charge in [-0.1, -0.05) is 24.3 Å². The number of benzene rings is 3. The molecule has 2 N–H and O–H groups in total. The lowest BCUT2D eigenvalue weighted by atomic mass is 9.92. The predicted molar refractivity (Wildman–Crippen MR) is 99.8 cm³/mol. The zero-order chi connectivity index (χ0) is 21.5. The van der Waals surface area contributed by atoms with Crippen molar-refractivity contribution in [1.29, 1.82) is 0 Å². The third-order valence-electron chi connectivity index (χ3n) is 4.41. The fourth-order valence-electron chi connectivity index (χ4n) is 3.11. The van der Waals surface area contributed by atoms with E-state index in [2.05, 4.69) is 0 Å². The second-order valence-electron chi connectivity index (χ2n) is 6.23. The molecule has 9 heteroatoms. The standard InChI is InChI=1S/C20H15F4NO3S/c1-10-9-11(7-8-13(10)28-2)15-16(18(22)20(24)19(23)17(15)21)12-5-3-4-6-14(12)29(25,26)27/h3-9H,1-2H3,(H2,25,26,27). The molecule has 3 aromatic rings. The van der Waals surface area contributed by atoms with Crippen LogP contribution < -0.4 is 9.88 Å². The smallest absolute Gasteiger partial charge is 0.238 e. The summed E-state index contributed by atoms with van der Waals surface area (Å²) in [6.07, 6.45) is 0. The van der Waals surface area contributed by atoms with E-state index in [9.17, 15) is 26.0 Å². The molecular weight excluding hydrogens is 410 g/mol. The monoisotopic (exact) mass is 425 g/mol. The molecule has 0 fully saturated rings. The van der Waals surface area contributed by atoms with Crippen LogP contribution >= 0.6 is 0 Å². The number of halogens is 4. The van der Waals surface area contributed by atoms with Gasteiger partial charge in [-0.15, -0.1) is 0 Å². The van der Waals surface area contributed by atoms with E-state index >= 15 is 0 Å². The van der Waals surface area contributed by atoms with Gasteiger partial charge in [0.15, 0.2) is 23.3 Å². The van der Waals surface area contributed by atoms with Gasteiger partial charge in [0.25, 0.3) is 0 Å². The first-order valence-electron chi connectivity index (χ1n) is 8.21. The van der Waals surface area contributed by atoms with E-state index in [1.165, 1.54) is 37.4 Å². The lowest BCUT2D eigenvalue weighted by Gasteiger charge is -2.17. The van der Waals surface area contributed by atoms with Crippen molar-refractivity contribution < 1.29 is 30.7 Å². The SMILES string of the molecule is COc1ccc(-c2c(F)c(F)c(F)c(F)c2-c2ccccc2S(N)(=O)=O)cc1C. The summed E-state index contributed by atoms with van der Waals surface area (Å²) in [5, 5.41) is 5.17. The van der Waals surface area contributed by atoms with Gasteiger partial charge in [0.05, 0.1) is 12.0 Å². The molecule has 0 bridgehead atoms. The average molecular weight is 425 g/mol. The second kappa shape index (κ2) is 7.49. The van der Waals surface area contributed by atoms with E-state index in [1.54, 1.807) is 6.92 Å². The summed E-state index contributed by atoms with van der Waals surface area (Å²) in [5.41, 5.74) is -1.27. The number of sulfonamides is 1. The lowest BCUT2D eigenvalue weighted by Crippen LogP contribution is -2.14. The number of hydrogen-bond donors (Lipinski definition) is 1. The Labute approximate surface area is 164 Å². The van der Waals surface area contributed by atoms with E-state index in [4.69, 9.17) is 9.88 Å². The minimum Gasteiger partial charge on any atom is -0.496 e. The number of nitrogens with two attached hydrogens (primary N) is 1. The molecule has 0 aliphatic heterocycles. The number of aryl methyl sites for hydroxylation is 1. The van der Waals surface area contributed by atoms with Gasteiger partial charge in [-0.2, -0.15) is 0 Å². The topological polar surface area (TPSA) is 69.4 Å². The van der Waals surface area contributed by atoms with E-state index < -0.39 is 54.9 Å². The molecule has 0 saturated heterocycles. The summed E-state index contributed by atoms with van der Waals surface area (Å²) in [5.74, 6) is -7.03. The minimum absolute atomic E-state index is 0.00202. The Hall–Kier alpha value is -2.91. The maximum Gasteiger partial charge on any atom is 0.238 e. The van der Waals surface area contributed by atoms with Crippen LogP contribution in [0.15, 0.2) is 47.4 Å². The maximum absolute atomic E-state index is 14.8. The van der Waals surface area contributed by atoms with Crippen molar-refractivity contribution in [3.63, 3.8) is 0 Å². The van der Waals surface area contributed by atoms with Crippen LogP contribution in [-0.4, -0.2) is 15.5 Å². The van der Waals surface area contributed by atoms with Crippen LogP contribution in [0.5, 0.6) is 5.75 Å². The number of hydrogen-bond acceptors (Lipinski definition) is 3. The molecule has 0 heterocycles. The Bertz CT molecular complexity index is 1230. The largest absolute Gasteiger partial charge is 0.496 e. The van der Waals surface area contributed by atoms with Crippen LogP contribution in [0.25, 0.3) is 22.3 Å². The number of rotatable bonds is 4. The molecule has 0 aromatic heterocycles. The number of ether oxygens (including phenoxy) is 1. The van der Waals surface area contributed by atoms with Crippen molar-refractivity contribution in [3.05, 3.63) is 71.3 Å². The van der Waals surface area contributed by atoms with Crippen LogP contribution in [0.2, 0.25) is 0 Å². The molecule has 0 atom stereocenters. The number of primary sulfonamides is 1. The second-order valence-corrected chi connectivity index (χ2v) is 7.76. The Morgan fingerprint density at radius 1 is 0.862 bits per heavy atom. The van der Waals surface area contributed by atoms with E-state index in [0.717, 1.165) is 12.1 Å². The summed E-state index contributed by atoms with van der Waals surface area (Å²) < 4.78 is 86.8. The molecule has 0 unspecified atom stereocenters. The van der Waals surface area contributed by atoms with Crippen molar-refractivity contribution in [2.24, 2.45) is 5.14 Å². The van der Waals surface area contributed by atoms with Gasteiger partial charge >= 0.3 is 0 Å². The van der Waals surface area contributed by atoms with Crippen LogP contribution in [0, 0.1) is 30.2 Å². The van der Waals surface area contributed by atoms with Gasteiger partial charge in [0.2, 0.25) is 10.0 Å². The highest BCUT2D eigenvalue weighted by atomic mass is 32.2. The molecule has 3 rings (SSSR count). The molecule has 0 amide bonds. The summed E-state index contributed by atoms with van der Waals surface area (Å²) in [4.78, 5) is -0.559. The third kappa shape index (κ3) is 3.58. The average Bonchev–Trinajstić information content (AvgIpc) is 2.68. The minimum atomic E-state index is -4.38. The molecule has 4 nitrogen and oxygen atoms in total. The highest BCUT2D eigenvalue weighted by Gasteiger charge is 2.30. The Balaban J connectivity index is 2.48. The van der Waals surface area contributed by atoms with E-state index in [-0.39, 0.29) is 5.56 Å². The van der Waals surface area contributed by atoms with Crippen LogP contribution in [0.3, 0.4) is 0 Å². The lowest BCUT2D eigenvalue weighted by molar-refractivity contribution is 0.411. The highest BCUT2D eigenvalue weighted by molar-refractivity contribution is 7.89. The van der Waals surface area contributed by atoms with Crippen molar-refractivity contribution in [3.8, 4) is 28.0 Å². The van der Waals surface area contributed by atoms with Crippen LogP contribution in [0.1, 0.15) is 5.56 Å². The Morgan fingerprint density at radius 3 is 2.00 bits per heavy atom. The molecular formula is C20H15F4NO3S. The molecule has 0 radical (unpaired) electrons. The third-order valence-corrected chi connectivity index (χ3v) is 5.38. The summed E-state index contributed by atoms with van der Waals surface area (Å²) in [6, 6.07) is 9.00. The highest BCUT2D eigenvalue weighted by Crippen LogP contribution is 2.42. The van der Waals surface area contributed by atoms with Crippen LogP contribution in [-0.2, 0) is 10.0 Å². The van der Waals surface area contributed by atoms with Crippen LogP contribution in [0.4, 0.5) is 17.6 Å². The van der Waals surface area contributed by atoms with Gasteiger partial charge in [0.1, 0.15) is 5.75 Å². The molecule has 152 valence electrons. The molecule has 29 heavy (non-hydrogen) atoms. The first-order valence-corrected chi connectivity index (χ1v) is 9.75. The molecule has 0 spiro atoms. The van der Waals surface area contributed by atoms with Gasteiger partial charge in [-0.05, 0) is 36.2 Å².